The average Bonchev–Trinajstić information content (AvgIpc) is 2.57. The Labute approximate surface area is 90.6 Å². The highest BCUT2D eigenvalue weighted by Gasteiger charge is 2.43. The Morgan fingerprint density at radius 3 is 2.75 bits per heavy atom. The number of nitrogens with zero attached hydrogens (tertiary/aromatic N) is 2. The highest BCUT2D eigenvalue weighted by molar-refractivity contribution is 4.92. The maximum Gasteiger partial charge on any atom is 0.349 e. The van der Waals surface area contributed by atoms with E-state index >= 15 is 0 Å². The second kappa shape index (κ2) is 4.30. The molecule has 4 atom stereocenters. The predicted molar refractivity (Wildman–Crippen MR) is 51.5 cm³/mol. The Hall–Kier alpha value is -1.28. The van der Waals surface area contributed by atoms with E-state index in [2.05, 4.69) is 4.98 Å². The van der Waals surface area contributed by atoms with E-state index in [1.54, 1.807) is 0 Å². The fraction of sp³-hybridized carbons (Fsp3) is 0.556. The van der Waals surface area contributed by atoms with E-state index in [4.69, 9.17) is 9.84 Å². The molecule has 2 heterocycles. The lowest BCUT2D eigenvalue weighted by atomic mass is 10.1. The predicted octanol–water partition coefficient (Wildman–Crippen LogP) is -2.15. The molecule has 7 heteroatoms. The molecule has 0 aliphatic carbocycles. The molecule has 3 unspecified atom stereocenters. The van der Waals surface area contributed by atoms with E-state index in [9.17, 15) is 15.0 Å². The van der Waals surface area contributed by atoms with Gasteiger partial charge >= 0.3 is 5.69 Å². The molecule has 1 saturated heterocycles. The smallest absolute Gasteiger partial charge is 0.349 e. The third kappa shape index (κ3) is 1.74. The lowest BCUT2D eigenvalue weighted by Gasteiger charge is -2.16. The van der Waals surface area contributed by atoms with Gasteiger partial charge in [0.25, 0.3) is 0 Å². The Balaban J connectivity index is 2.30. The minimum atomic E-state index is -1.26. The number of ether oxygens (including phenoxy) is 1. The molecule has 88 valence electrons. The largest absolute Gasteiger partial charge is 0.394 e. The molecular formula is C9H12N2O5. The molecule has 1 aliphatic heterocycles. The van der Waals surface area contributed by atoms with Crippen molar-refractivity contribution in [2.24, 2.45) is 0 Å². The first-order valence-electron chi connectivity index (χ1n) is 4.80. The summed E-state index contributed by atoms with van der Waals surface area (Å²) in [5, 5.41) is 28.1. The van der Waals surface area contributed by atoms with Crippen LogP contribution < -0.4 is 5.69 Å². The minimum Gasteiger partial charge on any atom is -0.394 e. The Kier molecular flexibility index (Phi) is 3.01. The number of aliphatic hydroxyl groups is 3. The first-order valence-corrected chi connectivity index (χ1v) is 4.80. The Bertz CT molecular complexity index is 420. The van der Waals surface area contributed by atoms with Crippen molar-refractivity contribution in [3.8, 4) is 0 Å². The quantitative estimate of drug-likeness (QED) is 0.533. The second-order valence-corrected chi connectivity index (χ2v) is 3.54. The van der Waals surface area contributed by atoms with Gasteiger partial charge in [-0.3, -0.25) is 4.57 Å². The zero-order chi connectivity index (χ0) is 11.7. The fourth-order valence-corrected chi connectivity index (χ4v) is 1.67. The van der Waals surface area contributed by atoms with Crippen molar-refractivity contribution >= 4 is 0 Å². The molecule has 0 spiro atoms. The van der Waals surface area contributed by atoms with Crippen molar-refractivity contribution in [2.75, 3.05) is 6.61 Å². The van der Waals surface area contributed by atoms with Gasteiger partial charge in [-0.15, -0.1) is 0 Å². The van der Waals surface area contributed by atoms with Crippen molar-refractivity contribution in [1.29, 1.82) is 0 Å². The molecule has 3 N–H and O–H groups in total. The Morgan fingerprint density at radius 1 is 1.44 bits per heavy atom. The van der Waals surface area contributed by atoms with E-state index in [-0.39, 0.29) is 0 Å². The van der Waals surface area contributed by atoms with Crippen molar-refractivity contribution in [3.05, 3.63) is 28.9 Å². The monoisotopic (exact) mass is 228 g/mol. The van der Waals surface area contributed by atoms with Crippen LogP contribution in [-0.4, -0.2) is 49.8 Å². The van der Waals surface area contributed by atoms with Crippen LogP contribution in [0.4, 0.5) is 0 Å². The van der Waals surface area contributed by atoms with Gasteiger partial charge in [-0.05, 0) is 6.07 Å². The first-order chi connectivity index (χ1) is 7.65. The van der Waals surface area contributed by atoms with Gasteiger partial charge in [0, 0.05) is 12.4 Å². The fourth-order valence-electron chi connectivity index (χ4n) is 1.67. The third-order valence-corrected chi connectivity index (χ3v) is 2.53. The Morgan fingerprint density at radius 2 is 2.19 bits per heavy atom. The van der Waals surface area contributed by atoms with Gasteiger partial charge in [0.05, 0.1) is 6.61 Å². The molecule has 0 saturated carbocycles. The molecule has 2 rings (SSSR count). The van der Waals surface area contributed by atoms with Crippen LogP contribution in [0.3, 0.4) is 0 Å². The molecule has 1 aromatic rings. The van der Waals surface area contributed by atoms with Crippen LogP contribution in [0.1, 0.15) is 6.23 Å². The van der Waals surface area contributed by atoms with Crippen LogP contribution in [0.2, 0.25) is 0 Å². The van der Waals surface area contributed by atoms with Gasteiger partial charge in [0.1, 0.15) is 18.3 Å². The molecular weight excluding hydrogens is 216 g/mol. The van der Waals surface area contributed by atoms with Crippen molar-refractivity contribution in [1.82, 2.24) is 9.55 Å². The summed E-state index contributed by atoms with van der Waals surface area (Å²) in [6, 6.07) is 1.51. The maximum absolute atomic E-state index is 11.4. The van der Waals surface area contributed by atoms with Crippen LogP contribution in [0, 0.1) is 0 Å². The van der Waals surface area contributed by atoms with Crippen LogP contribution in [0.5, 0.6) is 0 Å². The highest BCUT2D eigenvalue weighted by Crippen LogP contribution is 2.27. The van der Waals surface area contributed by atoms with E-state index in [1.807, 2.05) is 0 Å². The number of rotatable bonds is 2. The van der Waals surface area contributed by atoms with Gasteiger partial charge in [0.15, 0.2) is 6.23 Å². The topological polar surface area (TPSA) is 105 Å². The van der Waals surface area contributed by atoms with E-state index in [0.29, 0.717) is 0 Å². The van der Waals surface area contributed by atoms with Crippen LogP contribution in [-0.2, 0) is 4.74 Å². The van der Waals surface area contributed by atoms with Gasteiger partial charge in [-0.2, -0.15) is 0 Å². The number of hydrogen-bond acceptors (Lipinski definition) is 6. The highest BCUT2D eigenvalue weighted by atomic mass is 16.6. The lowest BCUT2D eigenvalue weighted by Crippen LogP contribution is -2.35. The summed E-state index contributed by atoms with van der Waals surface area (Å²) in [7, 11) is 0. The maximum atomic E-state index is 11.4. The van der Waals surface area contributed by atoms with Gasteiger partial charge in [-0.25, -0.2) is 9.78 Å². The SMILES string of the molecule is O=c1ncccn1C1OC(CO)[C@@H](O)C1O. The van der Waals surface area contributed by atoms with Gasteiger partial charge in [-0.1, -0.05) is 0 Å². The minimum absolute atomic E-state index is 0.427. The van der Waals surface area contributed by atoms with Crippen LogP contribution in [0.25, 0.3) is 0 Å². The van der Waals surface area contributed by atoms with Crippen molar-refractivity contribution < 1.29 is 20.1 Å². The molecule has 1 aromatic heterocycles. The number of aromatic nitrogens is 2. The zero-order valence-electron chi connectivity index (χ0n) is 8.30. The number of hydrogen-bond donors (Lipinski definition) is 3. The molecule has 16 heavy (non-hydrogen) atoms. The lowest BCUT2D eigenvalue weighted by molar-refractivity contribution is -0.0549. The summed E-state index contributed by atoms with van der Waals surface area (Å²) >= 11 is 0. The van der Waals surface area contributed by atoms with Gasteiger partial charge in [0.2, 0.25) is 0 Å². The molecule has 0 radical (unpaired) electrons. The standard InChI is InChI=1S/C9H12N2O5/c12-4-5-6(13)7(14)8(16-5)11-3-1-2-10-9(11)15/h1-3,5-8,12-14H,4H2/t5?,6-,7?,8?/m1/s1. The summed E-state index contributed by atoms with van der Waals surface area (Å²) in [5.41, 5.74) is -0.586. The van der Waals surface area contributed by atoms with Crippen molar-refractivity contribution in [2.45, 2.75) is 24.5 Å². The molecule has 1 fully saturated rings. The van der Waals surface area contributed by atoms with E-state index in [0.717, 1.165) is 4.57 Å². The van der Waals surface area contributed by atoms with Crippen LogP contribution >= 0.6 is 0 Å². The summed E-state index contributed by atoms with van der Waals surface area (Å²) < 4.78 is 6.25. The van der Waals surface area contributed by atoms with E-state index in [1.165, 1.54) is 18.5 Å². The molecule has 0 bridgehead atoms. The van der Waals surface area contributed by atoms with E-state index < -0.39 is 36.8 Å². The summed E-state index contributed by atoms with van der Waals surface area (Å²) in [4.78, 5) is 14.9. The summed E-state index contributed by atoms with van der Waals surface area (Å²) in [5.74, 6) is 0. The molecule has 7 nitrogen and oxygen atoms in total. The summed E-state index contributed by atoms with van der Waals surface area (Å²) in [6.07, 6.45) is -1.68. The molecule has 0 aromatic carbocycles. The molecule has 0 amide bonds. The first kappa shape index (κ1) is 11.2. The van der Waals surface area contributed by atoms with Gasteiger partial charge < -0.3 is 20.1 Å². The van der Waals surface area contributed by atoms with Crippen molar-refractivity contribution in [3.63, 3.8) is 0 Å². The molecule has 1 aliphatic rings. The summed E-state index contributed by atoms with van der Waals surface area (Å²) in [6.45, 7) is -0.427. The normalized spacial score (nSPS) is 34.2. The average molecular weight is 228 g/mol. The number of aliphatic hydroxyl groups excluding tert-OH is 3. The second-order valence-electron chi connectivity index (χ2n) is 3.54. The van der Waals surface area contributed by atoms with Crippen LogP contribution in [0.15, 0.2) is 23.3 Å². The third-order valence-electron chi connectivity index (χ3n) is 2.53. The zero-order valence-corrected chi connectivity index (χ0v) is 8.30.